The van der Waals surface area contributed by atoms with Gasteiger partial charge in [-0.1, -0.05) is 6.07 Å². The predicted molar refractivity (Wildman–Crippen MR) is 89.2 cm³/mol. The minimum Gasteiger partial charge on any atom is -0.451 e. The van der Waals surface area contributed by atoms with Crippen LogP contribution in [0, 0.1) is 0 Å². The van der Waals surface area contributed by atoms with E-state index >= 15 is 0 Å². The second kappa shape index (κ2) is 7.44. The third kappa shape index (κ3) is 4.02. The average Bonchev–Trinajstić information content (AvgIpc) is 2.56. The average molecular weight is 353 g/mol. The Bertz CT molecular complexity index is 726. The van der Waals surface area contributed by atoms with Crippen LogP contribution in [0.4, 0.5) is 0 Å². The normalized spacial score (nSPS) is 18.9. The molecule has 24 heavy (non-hydrogen) atoms. The molecule has 7 heteroatoms. The minimum absolute atomic E-state index is 0.0307. The summed E-state index contributed by atoms with van der Waals surface area (Å²) >= 11 is 0. The molecular weight excluding hydrogens is 330 g/mol. The molecular formula is C17H23NO5S. The molecule has 0 aliphatic heterocycles. The molecule has 1 atom stereocenters. The van der Waals surface area contributed by atoms with Crippen molar-refractivity contribution >= 4 is 21.8 Å². The first-order valence-electron chi connectivity index (χ1n) is 8.05. The van der Waals surface area contributed by atoms with E-state index in [-0.39, 0.29) is 22.3 Å². The summed E-state index contributed by atoms with van der Waals surface area (Å²) in [6.07, 6.45) is 1.90. The Morgan fingerprint density at radius 2 is 2.00 bits per heavy atom. The van der Waals surface area contributed by atoms with E-state index in [4.69, 9.17) is 4.74 Å². The van der Waals surface area contributed by atoms with Gasteiger partial charge in [0.05, 0.1) is 10.5 Å². The number of hydrogen-bond donors (Lipinski definition) is 0. The van der Waals surface area contributed by atoms with Gasteiger partial charge in [-0.3, -0.25) is 4.79 Å². The van der Waals surface area contributed by atoms with Crippen molar-refractivity contribution in [1.29, 1.82) is 0 Å². The molecule has 1 aliphatic carbocycles. The number of carbonyl (C=O) groups is 2. The zero-order valence-electron chi connectivity index (χ0n) is 14.2. The second-order valence-electron chi connectivity index (χ2n) is 6.25. The first-order valence-corrected chi connectivity index (χ1v) is 9.49. The number of ketones is 1. The molecule has 2 rings (SSSR count). The number of esters is 1. The van der Waals surface area contributed by atoms with E-state index in [1.54, 1.807) is 13.8 Å². The number of Topliss-reactive ketones (excluding diaryl/α,β-unsaturated/α-hetero) is 1. The van der Waals surface area contributed by atoms with E-state index in [9.17, 15) is 18.0 Å². The number of sulfonamides is 1. The molecule has 1 aromatic rings. The van der Waals surface area contributed by atoms with E-state index in [0.717, 1.165) is 12.8 Å². The minimum atomic E-state index is -3.68. The fourth-order valence-corrected chi connectivity index (χ4v) is 3.91. The van der Waals surface area contributed by atoms with Gasteiger partial charge in [0.15, 0.2) is 11.9 Å². The smallest absolute Gasteiger partial charge is 0.338 e. The highest BCUT2D eigenvalue weighted by Crippen LogP contribution is 2.21. The van der Waals surface area contributed by atoms with Gasteiger partial charge in [0.1, 0.15) is 0 Å². The van der Waals surface area contributed by atoms with E-state index in [2.05, 4.69) is 0 Å². The molecule has 6 nitrogen and oxygen atoms in total. The van der Waals surface area contributed by atoms with Crippen molar-refractivity contribution in [3.8, 4) is 0 Å². The maximum absolute atomic E-state index is 12.5. The molecule has 1 fully saturated rings. The molecule has 0 saturated heterocycles. The Morgan fingerprint density at radius 1 is 1.29 bits per heavy atom. The topological polar surface area (TPSA) is 80.8 Å². The summed E-state index contributed by atoms with van der Waals surface area (Å²) in [4.78, 5) is 24.1. The first kappa shape index (κ1) is 18.6. The second-order valence-corrected chi connectivity index (χ2v) is 8.25. The van der Waals surface area contributed by atoms with Gasteiger partial charge in [0.2, 0.25) is 10.0 Å². The van der Waals surface area contributed by atoms with Crippen LogP contribution in [0.5, 0.6) is 0 Å². The van der Waals surface area contributed by atoms with Crippen molar-refractivity contribution in [2.75, 3.05) is 7.05 Å². The van der Waals surface area contributed by atoms with Gasteiger partial charge in [-0.05, 0) is 51.3 Å². The Balaban J connectivity index is 2.21. The lowest BCUT2D eigenvalue weighted by Crippen LogP contribution is -2.33. The quantitative estimate of drug-likeness (QED) is 0.759. The van der Waals surface area contributed by atoms with E-state index < -0.39 is 22.1 Å². The summed E-state index contributed by atoms with van der Waals surface area (Å²) < 4.78 is 31.5. The Kier molecular flexibility index (Phi) is 5.77. The highest BCUT2D eigenvalue weighted by molar-refractivity contribution is 7.89. The maximum atomic E-state index is 12.5. The van der Waals surface area contributed by atoms with Gasteiger partial charge >= 0.3 is 5.97 Å². The van der Waals surface area contributed by atoms with E-state index in [0.29, 0.717) is 12.8 Å². The third-order valence-corrected chi connectivity index (χ3v) is 6.25. The molecule has 1 aliphatic rings. The molecule has 0 bridgehead atoms. The Hall–Kier alpha value is -1.73. The number of rotatable bonds is 5. The summed E-state index contributed by atoms with van der Waals surface area (Å²) in [6, 6.07) is 5.52. The van der Waals surface area contributed by atoms with Gasteiger partial charge in [0.25, 0.3) is 0 Å². The molecule has 0 aromatic heterocycles. The van der Waals surface area contributed by atoms with Crippen molar-refractivity contribution < 1.29 is 22.7 Å². The van der Waals surface area contributed by atoms with Crippen LogP contribution in [0.1, 0.15) is 49.9 Å². The van der Waals surface area contributed by atoms with E-state index in [1.165, 1.54) is 35.6 Å². The van der Waals surface area contributed by atoms with Crippen LogP contribution >= 0.6 is 0 Å². The van der Waals surface area contributed by atoms with Crippen LogP contribution in [0.2, 0.25) is 0 Å². The molecule has 1 saturated carbocycles. The lowest BCUT2D eigenvalue weighted by Gasteiger charge is -2.22. The summed E-state index contributed by atoms with van der Waals surface area (Å²) in [7, 11) is -2.19. The molecule has 0 spiro atoms. The van der Waals surface area contributed by atoms with Crippen LogP contribution in [0.3, 0.4) is 0 Å². The zero-order valence-corrected chi connectivity index (χ0v) is 15.0. The standard InChI is InChI=1S/C17H23NO5S/c1-12(2)18(3)24(21,22)14-8-6-7-13(11-14)17(20)23-16-10-5-4-9-15(16)19/h6-8,11-12,16H,4-5,9-10H2,1-3H3/t16-/m1/s1. The molecule has 0 N–H and O–H groups in total. The van der Waals surface area contributed by atoms with Crippen LogP contribution in [-0.2, 0) is 19.6 Å². The lowest BCUT2D eigenvalue weighted by atomic mass is 9.96. The van der Waals surface area contributed by atoms with Crippen LogP contribution in [0.25, 0.3) is 0 Å². The number of benzene rings is 1. The lowest BCUT2D eigenvalue weighted by molar-refractivity contribution is -0.129. The predicted octanol–water partition coefficient (Wildman–Crippen LogP) is 2.38. The molecule has 0 unspecified atom stereocenters. The van der Waals surface area contributed by atoms with Crippen LogP contribution in [-0.4, -0.2) is 43.7 Å². The van der Waals surface area contributed by atoms with Crippen molar-refractivity contribution in [2.24, 2.45) is 0 Å². The van der Waals surface area contributed by atoms with Crippen molar-refractivity contribution in [2.45, 2.75) is 56.6 Å². The molecule has 0 amide bonds. The largest absolute Gasteiger partial charge is 0.451 e. The van der Waals surface area contributed by atoms with Gasteiger partial charge in [-0.15, -0.1) is 0 Å². The van der Waals surface area contributed by atoms with Gasteiger partial charge in [-0.25, -0.2) is 13.2 Å². The maximum Gasteiger partial charge on any atom is 0.338 e. The highest BCUT2D eigenvalue weighted by atomic mass is 32.2. The monoisotopic (exact) mass is 353 g/mol. The van der Waals surface area contributed by atoms with Crippen LogP contribution < -0.4 is 0 Å². The van der Waals surface area contributed by atoms with E-state index in [1.807, 2.05) is 0 Å². The molecule has 0 heterocycles. The van der Waals surface area contributed by atoms with Gasteiger partial charge < -0.3 is 4.74 Å². The van der Waals surface area contributed by atoms with Crippen molar-refractivity contribution in [3.63, 3.8) is 0 Å². The fraction of sp³-hybridized carbons (Fsp3) is 0.529. The zero-order chi connectivity index (χ0) is 17.9. The fourth-order valence-electron chi connectivity index (χ4n) is 2.50. The summed E-state index contributed by atoms with van der Waals surface area (Å²) in [6.45, 7) is 3.54. The SMILES string of the molecule is CC(C)N(C)S(=O)(=O)c1cccc(C(=O)O[C@@H]2CCCCC2=O)c1. The van der Waals surface area contributed by atoms with Crippen molar-refractivity contribution in [1.82, 2.24) is 4.31 Å². The number of hydrogen-bond acceptors (Lipinski definition) is 5. The van der Waals surface area contributed by atoms with Gasteiger partial charge in [-0.2, -0.15) is 4.31 Å². The first-order chi connectivity index (χ1) is 11.2. The Morgan fingerprint density at radius 3 is 2.62 bits per heavy atom. The van der Waals surface area contributed by atoms with Crippen LogP contribution in [0.15, 0.2) is 29.2 Å². The Labute approximate surface area is 142 Å². The summed E-state index contributed by atoms with van der Waals surface area (Å²) in [5, 5.41) is 0. The number of nitrogens with zero attached hydrogens (tertiary/aromatic N) is 1. The van der Waals surface area contributed by atoms with Gasteiger partial charge in [0, 0.05) is 19.5 Å². The molecule has 1 aromatic carbocycles. The summed E-state index contributed by atoms with van der Waals surface area (Å²) in [5.74, 6) is -0.739. The number of carbonyl (C=O) groups excluding carboxylic acids is 2. The molecule has 132 valence electrons. The third-order valence-electron chi connectivity index (χ3n) is 4.22. The number of ether oxygens (including phenoxy) is 1. The summed E-state index contributed by atoms with van der Waals surface area (Å²) in [5.41, 5.74) is 0.131. The highest BCUT2D eigenvalue weighted by Gasteiger charge is 2.28. The molecule has 0 radical (unpaired) electrons. The van der Waals surface area contributed by atoms with Crippen molar-refractivity contribution in [3.05, 3.63) is 29.8 Å².